The van der Waals surface area contributed by atoms with E-state index in [1.807, 2.05) is 30.3 Å². The molecule has 0 aliphatic rings. The fourth-order valence-corrected chi connectivity index (χ4v) is 2.77. The molecule has 6 heteroatoms. The van der Waals surface area contributed by atoms with Crippen LogP contribution >= 0.6 is 43.5 Å². The Morgan fingerprint density at radius 2 is 1.85 bits per heavy atom. The lowest BCUT2D eigenvalue weighted by atomic mass is 10.2. The summed E-state index contributed by atoms with van der Waals surface area (Å²) >= 11 is 12.1. The van der Waals surface area contributed by atoms with Gasteiger partial charge in [0.25, 0.3) is 0 Å². The van der Waals surface area contributed by atoms with E-state index in [2.05, 4.69) is 31.9 Å². The molecular weight excluding hydrogens is 414 g/mol. The van der Waals surface area contributed by atoms with Crippen molar-refractivity contribution in [3.8, 4) is 0 Å². The van der Waals surface area contributed by atoms with Gasteiger partial charge >= 0.3 is 5.97 Å². The summed E-state index contributed by atoms with van der Waals surface area (Å²) in [5, 5.41) is 0.0941. The number of carbonyl (C=O) groups is 1. The van der Waals surface area contributed by atoms with E-state index in [1.54, 1.807) is 0 Å². The highest BCUT2D eigenvalue weighted by molar-refractivity contribution is 9.11. The topological polar surface area (TPSA) is 26.3 Å². The molecule has 2 aromatic rings. The summed E-state index contributed by atoms with van der Waals surface area (Å²) in [6, 6.07) is 10.3. The zero-order valence-electron chi connectivity index (χ0n) is 10.00. The molecule has 0 heterocycles. The number of benzene rings is 2. The van der Waals surface area contributed by atoms with Gasteiger partial charge in [-0.05, 0) is 43.5 Å². The molecule has 0 amide bonds. The summed E-state index contributed by atoms with van der Waals surface area (Å²) < 4.78 is 19.1. The predicted molar refractivity (Wildman–Crippen MR) is 82.4 cm³/mol. The highest BCUT2D eigenvalue weighted by atomic mass is 79.9. The first-order chi connectivity index (χ1) is 9.50. The van der Waals surface area contributed by atoms with Crippen molar-refractivity contribution in [3.63, 3.8) is 0 Å². The molecule has 2 rings (SSSR count). The van der Waals surface area contributed by atoms with Crippen LogP contribution in [-0.2, 0) is 11.3 Å². The maximum absolute atomic E-state index is 13.6. The molecule has 104 valence electrons. The first-order valence-electron chi connectivity index (χ1n) is 5.54. The monoisotopic (exact) mass is 420 g/mol. The lowest BCUT2D eigenvalue weighted by Crippen LogP contribution is -2.07. The second-order valence-electron chi connectivity index (χ2n) is 3.91. The quantitative estimate of drug-likeness (QED) is 0.378. The van der Waals surface area contributed by atoms with E-state index < -0.39 is 11.8 Å². The Morgan fingerprint density at radius 3 is 2.50 bits per heavy atom. The molecule has 0 fully saturated rings. The van der Waals surface area contributed by atoms with Crippen LogP contribution in [0.3, 0.4) is 0 Å². The van der Waals surface area contributed by atoms with Crippen LogP contribution in [0.5, 0.6) is 0 Å². The van der Waals surface area contributed by atoms with Gasteiger partial charge in [0.05, 0.1) is 19.5 Å². The van der Waals surface area contributed by atoms with Gasteiger partial charge in [0.2, 0.25) is 0 Å². The van der Waals surface area contributed by atoms with Crippen LogP contribution in [0.4, 0.5) is 4.39 Å². The van der Waals surface area contributed by atoms with Crippen LogP contribution in [0.25, 0.3) is 0 Å². The Morgan fingerprint density at radius 1 is 1.20 bits per heavy atom. The third-order valence-electron chi connectivity index (χ3n) is 2.54. The number of rotatable bonds is 3. The van der Waals surface area contributed by atoms with E-state index >= 15 is 0 Å². The Hall–Kier alpha value is -0.910. The number of carbonyl (C=O) groups excluding carboxylic acids is 1. The van der Waals surface area contributed by atoms with Crippen molar-refractivity contribution in [3.05, 3.63) is 67.3 Å². The standard InChI is InChI=1S/C14H8Br2ClFO2/c15-11-9(6-10(18)12(16)13(11)17)14(19)20-7-8-4-2-1-3-5-8/h1-6H,7H2. The van der Waals surface area contributed by atoms with Gasteiger partial charge in [0, 0.05) is 0 Å². The number of esters is 1. The normalized spacial score (nSPS) is 10.4. The van der Waals surface area contributed by atoms with Gasteiger partial charge in [0.15, 0.2) is 0 Å². The van der Waals surface area contributed by atoms with Crippen LogP contribution in [0.2, 0.25) is 5.02 Å². The summed E-state index contributed by atoms with van der Waals surface area (Å²) in [5.74, 6) is -1.26. The molecule has 2 aromatic carbocycles. The molecule has 0 atom stereocenters. The smallest absolute Gasteiger partial charge is 0.339 e. The van der Waals surface area contributed by atoms with Crippen LogP contribution < -0.4 is 0 Å². The van der Waals surface area contributed by atoms with E-state index in [1.165, 1.54) is 0 Å². The van der Waals surface area contributed by atoms with Crippen molar-refractivity contribution in [1.82, 2.24) is 0 Å². The van der Waals surface area contributed by atoms with E-state index in [4.69, 9.17) is 16.3 Å². The molecule has 0 aliphatic carbocycles. The third kappa shape index (κ3) is 3.40. The van der Waals surface area contributed by atoms with E-state index in [0.29, 0.717) is 4.47 Å². The van der Waals surface area contributed by atoms with Gasteiger partial charge in [0.1, 0.15) is 12.4 Å². The van der Waals surface area contributed by atoms with E-state index in [0.717, 1.165) is 11.6 Å². The molecule has 0 radical (unpaired) electrons. The maximum Gasteiger partial charge on any atom is 0.339 e. The molecule has 0 spiro atoms. The number of hydrogen-bond donors (Lipinski definition) is 0. The van der Waals surface area contributed by atoms with Gasteiger partial charge < -0.3 is 4.74 Å². The molecule has 0 aromatic heterocycles. The first-order valence-corrected chi connectivity index (χ1v) is 7.51. The molecule has 0 N–H and O–H groups in total. The van der Waals surface area contributed by atoms with Crippen molar-refractivity contribution in [1.29, 1.82) is 0 Å². The Labute approximate surface area is 137 Å². The fraction of sp³-hybridized carbons (Fsp3) is 0.0714. The zero-order chi connectivity index (χ0) is 14.7. The first kappa shape index (κ1) is 15.5. The number of ether oxygens (including phenoxy) is 1. The summed E-state index contributed by atoms with van der Waals surface area (Å²) in [6.07, 6.45) is 0. The fourth-order valence-electron chi connectivity index (χ4n) is 1.52. The van der Waals surface area contributed by atoms with Crippen molar-refractivity contribution < 1.29 is 13.9 Å². The Balaban J connectivity index is 2.18. The lowest BCUT2D eigenvalue weighted by molar-refractivity contribution is 0.0471. The zero-order valence-corrected chi connectivity index (χ0v) is 13.9. The summed E-state index contributed by atoms with van der Waals surface area (Å²) in [6.45, 7) is 0.113. The van der Waals surface area contributed by atoms with Crippen LogP contribution in [-0.4, -0.2) is 5.97 Å². The third-order valence-corrected chi connectivity index (χ3v) is 4.97. The SMILES string of the molecule is O=C(OCc1ccccc1)c1cc(F)c(Br)c(Cl)c1Br. The molecule has 0 unspecified atom stereocenters. The number of hydrogen-bond acceptors (Lipinski definition) is 2. The summed E-state index contributed by atoms with van der Waals surface area (Å²) in [7, 11) is 0. The minimum absolute atomic E-state index is 0.0478. The molecule has 20 heavy (non-hydrogen) atoms. The highest BCUT2D eigenvalue weighted by Gasteiger charge is 2.19. The predicted octanol–water partition coefficient (Wildman–Crippen LogP) is 5.36. The van der Waals surface area contributed by atoms with Crippen molar-refractivity contribution >= 4 is 49.4 Å². The van der Waals surface area contributed by atoms with Crippen molar-refractivity contribution in [2.24, 2.45) is 0 Å². The average molecular weight is 422 g/mol. The molecular formula is C14H8Br2ClFO2. The largest absolute Gasteiger partial charge is 0.457 e. The molecule has 0 aliphatic heterocycles. The number of halogens is 4. The van der Waals surface area contributed by atoms with Gasteiger partial charge in [-0.3, -0.25) is 0 Å². The van der Waals surface area contributed by atoms with Crippen molar-refractivity contribution in [2.75, 3.05) is 0 Å². The van der Waals surface area contributed by atoms with Gasteiger partial charge in [-0.15, -0.1) is 0 Å². The van der Waals surface area contributed by atoms with Gasteiger partial charge in [-0.1, -0.05) is 41.9 Å². The Kier molecular flexibility index (Phi) is 5.18. The maximum atomic E-state index is 13.6. The minimum Gasteiger partial charge on any atom is -0.457 e. The molecule has 0 saturated carbocycles. The van der Waals surface area contributed by atoms with Crippen molar-refractivity contribution in [2.45, 2.75) is 6.61 Å². The highest BCUT2D eigenvalue weighted by Crippen LogP contribution is 2.35. The second-order valence-corrected chi connectivity index (χ2v) is 5.87. The van der Waals surface area contributed by atoms with Crippen LogP contribution in [0, 0.1) is 5.82 Å². The lowest BCUT2D eigenvalue weighted by Gasteiger charge is -2.09. The van der Waals surface area contributed by atoms with E-state index in [9.17, 15) is 9.18 Å². The summed E-state index contributed by atoms with van der Waals surface area (Å²) in [4.78, 5) is 12.0. The minimum atomic E-state index is -0.644. The molecule has 0 bridgehead atoms. The van der Waals surface area contributed by atoms with Gasteiger partial charge in [-0.2, -0.15) is 0 Å². The van der Waals surface area contributed by atoms with E-state index in [-0.39, 0.29) is 21.7 Å². The molecule has 0 saturated heterocycles. The summed E-state index contributed by atoms with van der Waals surface area (Å²) in [5.41, 5.74) is 0.896. The molecule has 2 nitrogen and oxygen atoms in total. The second kappa shape index (κ2) is 6.70. The van der Waals surface area contributed by atoms with Crippen LogP contribution in [0.15, 0.2) is 45.3 Å². The van der Waals surface area contributed by atoms with Gasteiger partial charge in [-0.25, -0.2) is 9.18 Å². The Bertz CT molecular complexity index is 647. The van der Waals surface area contributed by atoms with Crippen LogP contribution in [0.1, 0.15) is 15.9 Å². The average Bonchev–Trinajstić information content (AvgIpc) is 2.47.